The highest BCUT2D eigenvalue weighted by Gasteiger charge is 2.14. The second-order valence-corrected chi connectivity index (χ2v) is 7.70. The zero-order valence-electron chi connectivity index (χ0n) is 12.8. The lowest BCUT2D eigenvalue weighted by molar-refractivity contribution is 0.103. The number of hydrogen-bond donors (Lipinski definition) is 2. The Hall–Kier alpha value is -2.71. The van der Waals surface area contributed by atoms with E-state index in [1.54, 1.807) is 24.3 Å². The highest BCUT2D eigenvalue weighted by Crippen LogP contribution is 2.19. The summed E-state index contributed by atoms with van der Waals surface area (Å²) < 4.78 is 39.8. The minimum atomic E-state index is -3.80. The fraction of sp³-hybridized carbons (Fsp3) is 0. The average Bonchev–Trinajstić information content (AvgIpc) is 3.11. The van der Waals surface area contributed by atoms with Crippen molar-refractivity contribution >= 4 is 38.6 Å². The third-order valence-corrected chi connectivity index (χ3v) is 5.53. The fourth-order valence-corrected chi connectivity index (χ4v) is 3.73. The summed E-state index contributed by atoms with van der Waals surface area (Å²) in [5.41, 5.74) is 0.876. The van der Waals surface area contributed by atoms with E-state index in [2.05, 4.69) is 10.0 Å². The second kappa shape index (κ2) is 7.04. The molecule has 0 aliphatic rings. The highest BCUT2D eigenvalue weighted by molar-refractivity contribution is 7.92. The Labute approximate surface area is 148 Å². The molecule has 3 rings (SSSR count). The molecule has 0 fully saturated rings. The zero-order valence-corrected chi connectivity index (χ0v) is 14.4. The smallest absolute Gasteiger partial charge is 0.265 e. The average molecular weight is 376 g/mol. The van der Waals surface area contributed by atoms with Gasteiger partial charge in [0, 0.05) is 11.4 Å². The van der Waals surface area contributed by atoms with Crippen molar-refractivity contribution < 1.29 is 17.6 Å². The minimum absolute atomic E-state index is 0.0380. The molecule has 128 valence electrons. The summed E-state index contributed by atoms with van der Waals surface area (Å²) >= 11 is 1.33. The van der Waals surface area contributed by atoms with Crippen molar-refractivity contribution in [3.8, 4) is 0 Å². The van der Waals surface area contributed by atoms with Gasteiger partial charge in [0.15, 0.2) is 0 Å². The molecule has 2 aromatic carbocycles. The van der Waals surface area contributed by atoms with Crippen LogP contribution in [0.3, 0.4) is 0 Å². The van der Waals surface area contributed by atoms with Crippen LogP contribution >= 0.6 is 11.3 Å². The number of sulfonamides is 1. The maximum Gasteiger partial charge on any atom is 0.265 e. The van der Waals surface area contributed by atoms with Crippen LogP contribution in [0.1, 0.15) is 9.67 Å². The minimum Gasteiger partial charge on any atom is -0.321 e. The van der Waals surface area contributed by atoms with E-state index in [1.165, 1.54) is 35.6 Å². The Kier molecular flexibility index (Phi) is 4.82. The molecular formula is C17H13FN2O3S2. The van der Waals surface area contributed by atoms with Gasteiger partial charge in [0.1, 0.15) is 5.82 Å². The summed E-state index contributed by atoms with van der Waals surface area (Å²) in [5.74, 6) is -0.737. The molecule has 3 aromatic rings. The molecule has 1 heterocycles. The molecule has 5 nitrogen and oxygen atoms in total. The van der Waals surface area contributed by atoms with E-state index in [-0.39, 0.29) is 10.8 Å². The lowest BCUT2D eigenvalue weighted by Gasteiger charge is -2.09. The van der Waals surface area contributed by atoms with Crippen LogP contribution in [0.5, 0.6) is 0 Å². The van der Waals surface area contributed by atoms with Gasteiger partial charge in [-0.25, -0.2) is 12.8 Å². The molecule has 0 radical (unpaired) electrons. The Morgan fingerprint density at radius 2 is 1.56 bits per heavy atom. The van der Waals surface area contributed by atoms with Crippen LogP contribution < -0.4 is 10.0 Å². The van der Waals surface area contributed by atoms with Gasteiger partial charge in [-0.05, 0) is 60.0 Å². The number of carbonyl (C=O) groups is 1. The Balaban J connectivity index is 1.70. The van der Waals surface area contributed by atoms with Gasteiger partial charge in [-0.15, -0.1) is 11.3 Å². The molecular weight excluding hydrogens is 363 g/mol. The van der Waals surface area contributed by atoms with Crippen molar-refractivity contribution in [3.63, 3.8) is 0 Å². The summed E-state index contributed by atoms with van der Waals surface area (Å²) in [6.07, 6.45) is 0. The van der Waals surface area contributed by atoms with Crippen LogP contribution in [0.25, 0.3) is 0 Å². The maximum absolute atomic E-state index is 12.9. The predicted molar refractivity (Wildman–Crippen MR) is 95.9 cm³/mol. The summed E-state index contributed by atoms with van der Waals surface area (Å²) in [7, 11) is -3.80. The topological polar surface area (TPSA) is 75.3 Å². The third-order valence-electron chi connectivity index (χ3n) is 3.26. The number of rotatable bonds is 5. The third kappa shape index (κ3) is 4.23. The SMILES string of the molecule is O=C(Nc1ccc(NS(=O)(=O)c2ccc(F)cc2)cc1)c1cccs1. The number of hydrogen-bond acceptors (Lipinski definition) is 4. The van der Waals surface area contributed by atoms with Crippen molar-refractivity contribution in [2.45, 2.75) is 4.90 Å². The summed E-state index contributed by atoms with van der Waals surface area (Å²) in [6.45, 7) is 0. The zero-order chi connectivity index (χ0) is 17.9. The molecule has 1 amide bonds. The monoisotopic (exact) mass is 376 g/mol. The van der Waals surface area contributed by atoms with E-state index < -0.39 is 15.8 Å². The van der Waals surface area contributed by atoms with Crippen LogP contribution in [0.2, 0.25) is 0 Å². The molecule has 0 unspecified atom stereocenters. The van der Waals surface area contributed by atoms with Gasteiger partial charge in [0.2, 0.25) is 0 Å². The first kappa shape index (κ1) is 17.1. The fourth-order valence-electron chi connectivity index (χ4n) is 2.05. The van der Waals surface area contributed by atoms with E-state index in [9.17, 15) is 17.6 Å². The normalized spacial score (nSPS) is 11.1. The van der Waals surface area contributed by atoms with Gasteiger partial charge in [-0.1, -0.05) is 6.07 Å². The summed E-state index contributed by atoms with van der Waals surface area (Å²) in [4.78, 5) is 12.5. The van der Waals surface area contributed by atoms with Crippen LogP contribution in [-0.4, -0.2) is 14.3 Å². The first-order valence-electron chi connectivity index (χ1n) is 7.17. The lowest BCUT2D eigenvalue weighted by Crippen LogP contribution is -2.13. The molecule has 25 heavy (non-hydrogen) atoms. The molecule has 0 aliphatic carbocycles. The van der Waals surface area contributed by atoms with Gasteiger partial charge in [-0.2, -0.15) is 0 Å². The number of thiophene rings is 1. The van der Waals surface area contributed by atoms with Crippen molar-refractivity contribution in [1.29, 1.82) is 0 Å². The van der Waals surface area contributed by atoms with E-state index in [0.717, 1.165) is 12.1 Å². The molecule has 2 N–H and O–H groups in total. The maximum atomic E-state index is 12.9. The standard InChI is InChI=1S/C17H13FN2O3S2/c18-12-3-9-15(10-4-12)25(22,23)20-14-7-5-13(6-8-14)19-17(21)16-2-1-11-24-16/h1-11,20H,(H,19,21). The van der Waals surface area contributed by atoms with Crippen molar-refractivity contribution in [1.82, 2.24) is 0 Å². The molecule has 1 aromatic heterocycles. The summed E-state index contributed by atoms with van der Waals surface area (Å²) in [6, 6.07) is 14.3. The number of benzene rings is 2. The summed E-state index contributed by atoms with van der Waals surface area (Å²) in [5, 5.41) is 4.53. The van der Waals surface area contributed by atoms with Gasteiger partial charge < -0.3 is 5.32 Å². The number of amides is 1. The Morgan fingerprint density at radius 3 is 2.16 bits per heavy atom. The number of anilines is 2. The van der Waals surface area contributed by atoms with Gasteiger partial charge >= 0.3 is 0 Å². The molecule has 0 saturated carbocycles. The van der Waals surface area contributed by atoms with Gasteiger partial charge in [0.25, 0.3) is 15.9 Å². The first-order chi connectivity index (χ1) is 11.9. The van der Waals surface area contributed by atoms with E-state index in [4.69, 9.17) is 0 Å². The van der Waals surface area contributed by atoms with Gasteiger partial charge in [0.05, 0.1) is 9.77 Å². The lowest BCUT2D eigenvalue weighted by atomic mass is 10.3. The van der Waals surface area contributed by atoms with E-state index in [0.29, 0.717) is 16.3 Å². The number of nitrogens with one attached hydrogen (secondary N) is 2. The van der Waals surface area contributed by atoms with Crippen molar-refractivity contribution in [2.24, 2.45) is 0 Å². The molecule has 8 heteroatoms. The van der Waals surface area contributed by atoms with E-state index in [1.807, 2.05) is 5.38 Å². The Bertz CT molecular complexity index is 968. The van der Waals surface area contributed by atoms with Crippen LogP contribution in [-0.2, 0) is 10.0 Å². The molecule has 0 saturated heterocycles. The van der Waals surface area contributed by atoms with Crippen LogP contribution in [0, 0.1) is 5.82 Å². The van der Waals surface area contributed by atoms with Gasteiger partial charge in [-0.3, -0.25) is 9.52 Å². The van der Waals surface area contributed by atoms with Crippen LogP contribution in [0.4, 0.5) is 15.8 Å². The largest absolute Gasteiger partial charge is 0.321 e. The quantitative estimate of drug-likeness (QED) is 0.708. The predicted octanol–water partition coefficient (Wildman–Crippen LogP) is 3.94. The molecule has 0 aliphatic heterocycles. The number of halogens is 1. The number of carbonyl (C=O) groups excluding carboxylic acids is 1. The molecule has 0 bridgehead atoms. The molecule has 0 spiro atoms. The molecule has 0 atom stereocenters. The first-order valence-corrected chi connectivity index (χ1v) is 9.54. The highest BCUT2D eigenvalue weighted by atomic mass is 32.2. The second-order valence-electron chi connectivity index (χ2n) is 5.07. The van der Waals surface area contributed by atoms with E-state index >= 15 is 0 Å². The Morgan fingerprint density at radius 1 is 0.920 bits per heavy atom. The van der Waals surface area contributed by atoms with Crippen LogP contribution in [0.15, 0.2) is 70.9 Å². The van der Waals surface area contributed by atoms with Crippen molar-refractivity contribution in [2.75, 3.05) is 10.0 Å². The van der Waals surface area contributed by atoms with Crippen molar-refractivity contribution in [3.05, 3.63) is 76.7 Å².